The zero-order chi connectivity index (χ0) is 11.8. The van der Waals surface area contributed by atoms with Gasteiger partial charge in [-0.05, 0) is 31.4 Å². The second-order valence-electron chi connectivity index (χ2n) is 4.36. The van der Waals surface area contributed by atoms with Gasteiger partial charge in [0.15, 0.2) is 9.84 Å². The summed E-state index contributed by atoms with van der Waals surface area (Å²) in [6, 6.07) is 5.44. The van der Waals surface area contributed by atoms with Crippen LogP contribution in [0, 0.1) is 5.82 Å². The summed E-state index contributed by atoms with van der Waals surface area (Å²) in [7, 11) is -3.54. The maximum Gasteiger partial charge on any atom is 0.181 e. The molecule has 0 heterocycles. The van der Waals surface area contributed by atoms with Crippen molar-refractivity contribution in [3.63, 3.8) is 0 Å². The van der Waals surface area contributed by atoms with Gasteiger partial charge in [-0.3, -0.25) is 0 Å². The average molecular weight is 243 g/mol. The van der Waals surface area contributed by atoms with Crippen molar-refractivity contribution in [1.82, 2.24) is 0 Å². The molecular formula is C11H14FNO2S. The minimum absolute atomic E-state index is 0.0789. The van der Waals surface area contributed by atoms with E-state index in [2.05, 4.69) is 0 Å². The SMILES string of the molecule is NC1(CCS(=O)(=O)c2ccccc2F)CC1. The molecule has 0 radical (unpaired) electrons. The van der Waals surface area contributed by atoms with Crippen molar-refractivity contribution < 1.29 is 12.8 Å². The summed E-state index contributed by atoms with van der Waals surface area (Å²) in [5, 5.41) is 0. The molecule has 1 aliphatic rings. The Morgan fingerprint density at radius 1 is 1.31 bits per heavy atom. The van der Waals surface area contributed by atoms with Crippen LogP contribution in [0.2, 0.25) is 0 Å². The molecule has 0 aliphatic heterocycles. The molecule has 1 aromatic carbocycles. The molecule has 1 fully saturated rings. The van der Waals surface area contributed by atoms with Crippen molar-refractivity contribution in [2.24, 2.45) is 5.73 Å². The van der Waals surface area contributed by atoms with E-state index in [1.54, 1.807) is 0 Å². The van der Waals surface area contributed by atoms with Gasteiger partial charge in [0.1, 0.15) is 10.7 Å². The highest BCUT2D eigenvalue weighted by molar-refractivity contribution is 7.91. The van der Waals surface area contributed by atoms with Crippen LogP contribution in [-0.2, 0) is 9.84 Å². The van der Waals surface area contributed by atoms with E-state index in [0.717, 1.165) is 18.9 Å². The van der Waals surface area contributed by atoms with E-state index in [-0.39, 0.29) is 16.2 Å². The summed E-state index contributed by atoms with van der Waals surface area (Å²) in [4.78, 5) is -0.223. The lowest BCUT2D eigenvalue weighted by Crippen LogP contribution is -2.25. The Labute approximate surface area is 94.4 Å². The molecule has 0 unspecified atom stereocenters. The molecule has 88 valence electrons. The third-order valence-corrected chi connectivity index (χ3v) is 4.68. The molecule has 5 heteroatoms. The lowest BCUT2D eigenvalue weighted by Gasteiger charge is -2.09. The Kier molecular flexibility index (Phi) is 2.75. The molecule has 3 nitrogen and oxygen atoms in total. The zero-order valence-corrected chi connectivity index (χ0v) is 9.63. The molecule has 0 bridgehead atoms. The van der Waals surface area contributed by atoms with Crippen LogP contribution in [0.5, 0.6) is 0 Å². The number of hydrogen-bond donors (Lipinski definition) is 1. The first kappa shape index (κ1) is 11.5. The van der Waals surface area contributed by atoms with Gasteiger partial charge < -0.3 is 5.73 Å². The summed E-state index contributed by atoms with van der Waals surface area (Å²) in [5.41, 5.74) is 5.49. The topological polar surface area (TPSA) is 60.2 Å². The summed E-state index contributed by atoms with van der Waals surface area (Å²) in [6.07, 6.45) is 2.13. The van der Waals surface area contributed by atoms with Crippen LogP contribution in [0.15, 0.2) is 29.2 Å². The first-order valence-electron chi connectivity index (χ1n) is 5.19. The van der Waals surface area contributed by atoms with E-state index in [4.69, 9.17) is 5.73 Å². The first-order valence-corrected chi connectivity index (χ1v) is 6.84. The lowest BCUT2D eigenvalue weighted by atomic mass is 10.2. The van der Waals surface area contributed by atoms with Crippen molar-refractivity contribution in [1.29, 1.82) is 0 Å². The summed E-state index contributed by atoms with van der Waals surface area (Å²) >= 11 is 0. The maximum atomic E-state index is 13.3. The minimum Gasteiger partial charge on any atom is -0.325 e. The smallest absolute Gasteiger partial charge is 0.181 e. The third kappa shape index (κ3) is 2.41. The lowest BCUT2D eigenvalue weighted by molar-refractivity contribution is 0.558. The zero-order valence-electron chi connectivity index (χ0n) is 8.82. The molecule has 0 aromatic heterocycles. The fourth-order valence-electron chi connectivity index (χ4n) is 1.56. The minimum atomic E-state index is -3.54. The Morgan fingerprint density at radius 2 is 1.94 bits per heavy atom. The van der Waals surface area contributed by atoms with Gasteiger partial charge in [0.25, 0.3) is 0 Å². The predicted octanol–water partition coefficient (Wildman–Crippen LogP) is 1.48. The van der Waals surface area contributed by atoms with E-state index in [9.17, 15) is 12.8 Å². The fraction of sp³-hybridized carbons (Fsp3) is 0.455. The largest absolute Gasteiger partial charge is 0.325 e. The van der Waals surface area contributed by atoms with E-state index in [0.29, 0.717) is 6.42 Å². The molecule has 16 heavy (non-hydrogen) atoms. The van der Waals surface area contributed by atoms with E-state index < -0.39 is 15.7 Å². The van der Waals surface area contributed by atoms with E-state index >= 15 is 0 Å². The maximum absolute atomic E-state index is 13.3. The van der Waals surface area contributed by atoms with E-state index in [1.165, 1.54) is 18.2 Å². The summed E-state index contributed by atoms with van der Waals surface area (Å²) in [6.45, 7) is 0. The van der Waals surface area contributed by atoms with Crippen molar-refractivity contribution in [2.75, 3.05) is 5.75 Å². The van der Waals surface area contributed by atoms with Gasteiger partial charge in [-0.25, -0.2) is 12.8 Å². The van der Waals surface area contributed by atoms with Crippen LogP contribution >= 0.6 is 0 Å². The Morgan fingerprint density at radius 3 is 2.50 bits per heavy atom. The predicted molar refractivity (Wildman–Crippen MR) is 59.2 cm³/mol. The molecule has 0 atom stereocenters. The summed E-state index contributed by atoms with van der Waals surface area (Å²) in [5.74, 6) is -0.769. The number of benzene rings is 1. The van der Waals surface area contributed by atoms with Gasteiger partial charge in [0.2, 0.25) is 0 Å². The second-order valence-corrected chi connectivity index (χ2v) is 6.44. The normalized spacial score (nSPS) is 18.4. The van der Waals surface area contributed by atoms with Crippen LogP contribution in [0.3, 0.4) is 0 Å². The van der Waals surface area contributed by atoms with Crippen LogP contribution in [0.4, 0.5) is 4.39 Å². The number of nitrogens with two attached hydrogens (primary N) is 1. The van der Waals surface area contributed by atoms with Gasteiger partial charge in [0, 0.05) is 5.54 Å². The van der Waals surface area contributed by atoms with Crippen molar-refractivity contribution >= 4 is 9.84 Å². The van der Waals surface area contributed by atoms with Gasteiger partial charge in [-0.15, -0.1) is 0 Å². The standard InChI is InChI=1S/C11H14FNO2S/c12-9-3-1-2-4-10(9)16(14,15)8-7-11(13)5-6-11/h1-4H,5-8,13H2. The molecule has 0 saturated heterocycles. The van der Waals surface area contributed by atoms with Crippen molar-refractivity contribution in [2.45, 2.75) is 29.7 Å². The van der Waals surface area contributed by atoms with Gasteiger partial charge in [0.05, 0.1) is 5.75 Å². The highest BCUT2D eigenvalue weighted by Crippen LogP contribution is 2.36. The number of halogens is 1. The van der Waals surface area contributed by atoms with Gasteiger partial charge in [-0.1, -0.05) is 12.1 Å². The van der Waals surface area contributed by atoms with Crippen LogP contribution < -0.4 is 5.73 Å². The molecule has 2 N–H and O–H groups in total. The monoisotopic (exact) mass is 243 g/mol. The summed E-state index contributed by atoms with van der Waals surface area (Å²) < 4.78 is 37.0. The molecule has 0 spiro atoms. The second kappa shape index (κ2) is 3.82. The molecule has 0 amide bonds. The molecule has 1 aliphatic carbocycles. The van der Waals surface area contributed by atoms with Gasteiger partial charge in [-0.2, -0.15) is 0 Å². The van der Waals surface area contributed by atoms with Crippen molar-refractivity contribution in [3.05, 3.63) is 30.1 Å². The average Bonchev–Trinajstić information content (AvgIpc) is 2.95. The highest BCUT2D eigenvalue weighted by Gasteiger charge is 2.39. The number of rotatable bonds is 4. The highest BCUT2D eigenvalue weighted by atomic mass is 32.2. The Balaban J connectivity index is 2.16. The Bertz CT molecular complexity index is 494. The van der Waals surface area contributed by atoms with Crippen LogP contribution in [-0.4, -0.2) is 19.7 Å². The van der Waals surface area contributed by atoms with Crippen LogP contribution in [0.1, 0.15) is 19.3 Å². The van der Waals surface area contributed by atoms with Crippen molar-refractivity contribution in [3.8, 4) is 0 Å². The number of sulfone groups is 1. The Hall–Kier alpha value is -0.940. The third-order valence-electron chi connectivity index (χ3n) is 2.93. The van der Waals surface area contributed by atoms with Crippen LogP contribution in [0.25, 0.3) is 0 Å². The molecule has 1 aromatic rings. The number of hydrogen-bond acceptors (Lipinski definition) is 3. The molecular weight excluding hydrogens is 229 g/mol. The van der Waals surface area contributed by atoms with Gasteiger partial charge >= 0.3 is 0 Å². The molecule has 2 rings (SSSR count). The first-order chi connectivity index (χ1) is 7.43. The van der Waals surface area contributed by atoms with E-state index in [1.807, 2.05) is 0 Å². The quantitative estimate of drug-likeness (QED) is 0.871. The molecule has 1 saturated carbocycles. The fourth-order valence-corrected chi connectivity index (χ4v) is 3.10.